The maximum Gasteiger partial charge on any atom is 0.261 e. The zero-order valence-corrected chi connectivity index (χ0v) is 23.9. The lowest BCUT2D eigenvalue weighted by Gasteiger charge is -2.45. The molecule has 2 aromatic rings. The summed E-state index contributed by atoms with van der Waals surface area (Å²) in [6.45, 7) is 2.28. The fraction of sp³-hybridized carbons (Fsp3) is 0.531. The molecule has 5 aliphatic rings. The second-order valence-corrected chi connectivity index (χ2v) is 13.8. The van der Waals surface area contributed by atoms with E-state index < -0.39 is 6.10 Å². The van der Waals surface area contributed by atoms with Crippen LogP contribution in [-0.4, -0.2) is 42.1 Å². The molecule has 2 aliphatic heterocycles. The summed E-state index contributed by atoms with van der Waals surface area (Å²) in [6, 6.07) is 12.3. The van der Waals surface area contributed by atoms with Gasteiger partial charge in [-0.3, -0.25) is 9.52 Å². The Labute approximate surface area is 240 Å². The number of aliphatic hydroxyl groups excluding tert-OH is 1. The largest absolute Gasteiger partial charge is 0.490 e. The molecule has 3 aliphatic carbocycles. The van der Waals surface area contributed by atoms with Crippen LogP contribution in [-0.2, 0) is 11.8 Å². The molecule has 0 unspecified atom stereocenters. The van der Waals surface area contributed by atoms with E-state index in [1.807, 2.05) is 30.3 Å². The smallest absolute Gasteiger partial charge is 0.261 e. The Morgan fingerprint density at radius 2 is 2.00 bits per heavy atom. The quantitative estimate of drug-likeness (QED) is 0.290. The van der Waals surface area contributed by atoms with E-state index in [9.17, 15) is 9.90 Å². The third-order valence-electron chi connectivity index (χ3n) is 10.1. The highest BCUT2D eigenvalue weighted by molar-refractivity contribution is 7.98. The van der Waals surface area contributed by atoms with Crippen LogP contribution < -0.4 is 14.4 Å². The number of aryl methyl sites for hydroxylation is 1. The molecule has 39 heavy (non-hydrogen) atoms. The maximum absolute atomic E-state index is 13.3. The minimum absolute atomic E-state index is 0.0374. The first-order valence-electron chi connectivity index (χ1n) is 14.6. The monoisotopic (exact) mass is 564 g/mol. The first kappa shape index (κ1) is 25.8. The van der Waals surface area contributed by atoms with Crippen LogP contribution in [0.4, 0.5) is 5.69 Å². The molecule has 0 radical (unpaired) electrons. The average molecular weight is 565 g/mol. The lowest BCUT2D eigenvalue weighted by atomic mass is 9.68. The van der Waals surface area contributed by atoms with Gasteiger partial charge < -0.3 is 14.7 Å². The van der Waals surface area contributed by atoms with Crippen molar-refractivity contribution < 1.29 is 14.6 Å². The minimum Gasteiger partial charge on any atom is -0.490 e. The summed E-state index contributed by atoms with van der Waals surface area (Å²) in [5.74, 6) is 2.04. The normalized spacial score (nSPS) is 34.7. The second kappa shape index (κ2) is 10.4. The summed E-state index contributed by atoms with van der Waals surface area (Å²) in [4.78, 5) is 15.7. The van der Waals surface area contributed by atoms with Gasteiger partial charge in [-0.25, -0.2) is 0 Å². The van der Waals surface area contributed by atoms with Crippen LogP contribution in [0.15, 0.2) is 48.6 Å². The predicted molar refractivity (Wildman–Crippen MR) is 158 cm³/mol. The number of carbonyl (C=O) groups excluding carboxylic acids is 1. The molecule has 2 fully saturated rings. The van der Waals surface area contributed by atoms with E-state index in [1.54, 1.807) is 11.9 Å². The molecular weight excluding hydrogens is 528 g/mol. The maximum atomic E-state index is 13.3. The van der Waals surface area contributed by atoms with Gasteiger partial charge in [-0.1, -0.05) is 29.8 Å². The summed E-state index contributed by atoms with van der Waals surface area (Å²) in [5.41, 5.74) is 4.19. The van der Waals surface area contributed by atoms with Crippen LogP contribution >= 0.6 is 23.5 Å². The Kier molecular flexibility index (Phi) is 6.85. The topological polar surface area (TPSA) is 61.8 Å². The van der Waals surface area contributed by atoms with Crippen LogP contribution in [0.25, 0.3) is 0 Å². The van der Waals surface area contributed by atoms with Crippen molar-refractivity contribution in [2.75, 3.05) is 24.6 Å². The van der Waals surface area contributed by atoms with Gasteiger partial charge in [0.1, 0.15) is 5.75 Å². The molecule has 1 amide bonds. The predicted octanol–water partition coefficient (Wildman–Crippen LogP) is 6.32. The van der Waals surface area contributed by atoms with Gasteiger partial charge in [0.2, 0.25) is 0 Å². The van der Waals surface area contributed by atoms with Crippen molar-refractivity contribution in [2.24, 2.45) is 17.8 Å². The molecule has 0 saturated heterocycles. The molecule has 206 valence electrons. The summed E-state index contributed by atoms with van der Waals surface area (Å²) < 4.78 is 9.73. The number of aliphatic hydroxyl groups is 1. The van der Waals surface area contributed by atoms with E-state index >= 15 is 0 Å². The molecule has 6 atom stereocenters. The number of halogens is 1. The lowest BCUT2D eigenvalue weighted by Crippen LogP contribution is -2.49. The van der Waals surface area contributed by atoms with E-state index in [2.05, 4.69) is 27.8 Å². The van der Waals surface area contributed by atoms with E-state index in [-0.39, 0.29) is 17.2 Å². The molecule has 2 aromatic carbocycles. The highest BCUT2D eigenvalue weighted by atomic mass is 35.5. The summed E-state index contributed by atoms with van der Waals surface area (Å²) in [7, 11) is 0. The molecule has 0 aromatic heterocycles. The number of ether oxygens (including phenoxy) is 1. The van der Waals surface area contributed by atoms with Crippen molar-refractivity contribution in [3.05, 3.63) is 70.3 Å². The molecule has 5 nitrogen and oxygen atoms in total. The third kappa shape index (κ3) is 4.76. The van der Waals surface area contributed by atoms with Crippen molar-refractivity contribution >= 4 is 35.1 Å². The lowest BCUT2D eigenvalue weighted by molar-refractivity contribution is 0.0455. The number of fused-ring (bicyclic) bond motifs is 5. The van der Waals surface area contributed by atoms with Gasteiger partial charge in [0.05, 0.1) is 18.4 Å². The van der Waals surface area contributed by atoms with Crippen molar-refractivity contribution in [1.29, 1.82) is 0 Å². The van der Waals surface area contributed by atoms with Crippen LogP contribution in [0.2, 0.25) is 5.02 Å². The first-order valence-corrected chi connectivity index (χ1v) is 15.9. The van der Waals surface area contributed by atoms with Crippen LogP contribution in [0.5, 0.6) is 5.75 Å². The number of allylic oxidation sites excluding steroid dienone is 1. The zero-order chi connectivity index (χ0) is 26.6. The Morgan fingerprint density at radius 3 is 2.82 bits per heavy atom. The Balaban J connectivity index is 1.26. The number of amides is 1. The standard InChI is InChI=1S/C32H37ClN2O3S/c33-24-9-11-26-21(15-24)4-2-14-32(26)18-35-17-23-6-10-25(23)28(36)5-1-3-20-8-13-30(20)39-34-31(37)22-7-12-29(38-19-32)27(35)16-22/h1,5,7,9,11-12,15-16,20,23,25,28,30,36H,2-4,6,8,10,13-14,17-19H2,(H,34,37)/b5-1+/t20-,23-,25+,28-,30-,32-/m0/s1. The average Bonchev–Trinajstić information content (AvgIpc) is 3.05. The minimum atomic E-state index is -0.400. The number of nitrogens with one attached hydrogen (secondary N) is 1. The Bertz CT molecular complexity index is 1300. The van der Waals surface area contributed by atoms with Gasteiger partial charge in [0.15, 0.2) is 0 Å². The highest BCUT2D eigenvalue weighted by Crippen LogP contribution is 2.47. The number of carbonyl (C=O) groups is 1. The van der Waals surface area contributed by atoms with Gasteiger partial charge in [-0.15, -0.1) is 0 Å². The summed E-state index contributed by atoms with van der Waals surface area (Å²) in [6.07, 6.45) is 12.5. The van der Waals surface area contributed by atoms with Gasteiger partial charge in [0, 0.05) is 34.3 Å². The van der Waals surface area contributed by atoms with Gasteiger partial charge in [0.25, 0.3) is 5.91 Å². The van der Waals surface area contributed by atoms with Gasteiger partial charge in [-0.05, 0) is 123 Å². The summed E-state index contributed by atoms with van der Waals surface area (Å²) in [5, 5.41) is 12.3. The van der Waals surface area contributed by atoms with E-state index in [0.29, 0.717) is 29.3 Å². The molecule has 2 saturated carbocycles. The molecule has 2 bridgehead atoms. The SMILES string of the molecule is O=C1NS[C@H]2CC[C@@H]2C/C=C/[C@H](O)[C@@H]2CC[C@H]2CN2C[C@@]3(CCCc4cc(Cl)ccc43)COc3ccc1cc32. The van der Waals surface area contributed by atoms with Crippen molar-refractivity contribution in [3.63, 3.8) is 0 Å². The van der Waals surface area contributed by atoms with Crippen molar-refractivity contribution in [1.82, 2.24) is 4.72 Å². The molecule has 2 N–H and O–H groups in total. The number of nitrogens with zero attached hydrogens (tertiary/aromatic N) is 1. The molecule has 1 spiro atoms. The highest BCUT2D eigenvalue weighted by Gasteiger charge is 2.44. The van der Waals surface area contributed by atoms with Crippen LogP contribution in [0.3, 0.4) is 0 Å². The number of anilines is 1. The Morgan fingerprint density at radius 1 is 1.10 bits per heavy atom. The fourth-order valence-corrected chi connectivity index (χ4v) is 8.76. The zero-order valence-electron chi connectivity index (χ0n) is 22.3. The van der Waals surface area contributed by atoms with E-state index in [1.165, 1.54) is 17.5 Å². The molecule has 7 rings (SSSR count). The number of rotatable bonds is 0. The fourth-order valence-electron chi connectivity index (χ4n) is 7.50. The van der Waals surface area contributed by atoms with E-state index in [4.69, 9.17) is 16.3 Å². The van der Waals surface area contributed by atoms with Crippen molar-refractivity contribution in [3.8, 4) is 5.75 Å². The number of hydrogen-bond donors (Lipinski definition) is 2. The number of hydrogen-bond acceptors (Lipinski definition) is 5. The summed E-state index contributed by atoms with van der Waals surface area (Å²) >= 11 is 7.97. The molecule has 7 heteroatoms. The Hall–Kier alpha value is -2.15. The van der Waals surface area contributed by atoms with Crippen LogP contribution in [0.1, 0.15) is 66.4 Å². The molecule has 2 heterocycles. The van der Waals surface area contributed by atoms with Gasteiger partial charge >= 0.3 is 0 Å². The third-order valence-corrected chi connectivity index (χ3v) is 11.6. The van der Waals surface area contributed by atoms with Crippen molar-refractivity contribution in [2.45, 2.75) is 68.1 Å². The van der Waals surface area contributed by atoms with E-state index in [0.717, 1.165) is 74.5 Å². The second-order valence-electron chi connectivity index (χ2n) is 12.4. The molecular formula is C32H37ClN2O3S. The number of benzene rings is 2. The van der Waals surface area contributed by atoms with Crippen LogP contribution in [0, 0.1) is 17.8 Å². The first-order chi connectivity index (χ1) is 19.0. The van der Waals surface area contributed by atoms with Gasteiger partial charge in [-0.2, -0.15) is 0 Å².